The van der Waals surface area contributed by atoms with Crippen molar-refractivity contribution in [3.05, 3.63) is 75.8 Å². The highest BCUT2D eigenvalue weighted by Crippen LogP contribution is 2.26. The Kier molecular flexibility index (Phi) is 5.48. The summed E-state index contributed by atoms with van der Waals surface area (Å²) < 4.78 is 0. The van der Waals surface area contributed by atoms with Crippen LogP contribution < -0.4 is 10.2 Å². The first-order valence-electron chi connectivity index (χ1n) is 9.79. The van der Waals surface area contributed by atoms with E-state index in [1.165, 1.54) is 19.3 Å². The molecule has 0 saturated carbocycles. The second kappa shape index (κ2) is 8.35. The van der Waals surface area contributed by atoms with Crippen LogP contribution >= 0.6 is 0 Å². The predicted molar refractivity (Wildman–Crippen MR) is 111 cm³/mol. The number of para-hydroxylation sites is 2. The summed E-state index contributed by atoms with van der Waals surface area (Å²) in [4.78, 5) is 18.2. The van der Waals surface area contributed by atoms with E-state index in [9.17, 15) is 10.1 Å². The average molecular weight is 376 g/mol. The Morgan fingerprint density at radius 3 is 2.50 bits per heavy atom. The number of hydrogen-bond donors (Lipinski definition) is 1. The molecular weight excluding hydrogens is 352 g/mol. The van der Waals surface area contributed by atoms with E-state index in [0.717, 1.165) is 35.4 Å². The van der Waals surface area contributed by atoms with Gasteiger partial charge in [-0.05, 0) is 31.4 Å². The molecule has 1 N–H and O–H groups in total. The molecule has 6 heteroatoms. The van der Waals surface area contributed by atoms with E-state index in [1.807, 2.05) is 24.3 Å². The molecule has 1 saturated heterocycles. The van der Waals surface area contributed by atoms with E-state index < -0.39 is 0 Å². The molecule has 2 aromatic carbocycles. The van der Waals surface area contributed by atoms with Gasteiger partial charge in [0.15, 0.2) is 0 Å². The number of aromatic nitrogens is 1. The van der Waals surface area contributed by atoms with Crippen LogP contribution in [0.25, 0.3) is 10.9 Å². The SMILES string of the molecule is O=[N+]([O-])c1ccccc1CNCc1cc2ccccc2nc1N1CCCCC1. The standard InChI is InChI=1S/C22H24N4O2/c27-26(28)21-11-5-3-9-18(21)15-23-16-19-14-17-8-2-4-10-20(17)24-22(19)25-12-6-1-7-13-25/h2-5,8-11,14,23H,1,6-7,12-13,15-16H2. The lowest BCUT2D eigenvalue weighted by Crippen LogP contribution is -2.31. The molecular formula is C22H24N4O2. The normalized spacial score (nSPS) is 14.4. The highest BCUT2D eigenvalue weighted by molar-refractivity contribution is 5.81. The van der Waals surface area contributed by atoms with Crippen LogP contribution in [0.4, 0.5) is 11.5 Å². The van der Waals surface area contributed by atoms with E-state index in [-0.39, 0.29) is 10.6 Å². The van der Waals surface area contributed by atoms with Gasteiger partial charge in [-0.15, -0.1) is 0 Å². The number of nitrogens with zero attached hydrogens (tertiary/aromatic N) is 3. The van der Waals surface area contributed by atoms with Gasteiger partial charge in [-0.2, -0.15) is 0 Å². The topological polar surface area (TPSA) is 71.3 Å². The fraction of sp³-hybridized carbons (Fsp3) is 0.318. The molecule has 1 fully saturated rings. The molecule has 1 aliphatic heterocycles. The Bertz CT molecular complexity index is 983. The van der Waals surface area contributed by atoms with Crippen molar-refractivity contribution >= 4 is 22.4 Å². The highest BCUT2D eigenvalue weighted by atomic mass is 16.6. The number of piperidine rings is 1. The van der Waals surface area contributed by atoms with Crippen molar-refractivity contribution in [3.8, 4) is 0 Å². The van der Waals surface area contributed by atoms with Crippen LogP contribution in [0.3, 0.4) is 0 Å². The average Bonchev–Trinajstić information content (AvgIpc) is 2.74. The first-order valence-corrected chi connectivity index (χ1v) is 9.79. The van der Waals surface area contributed by atoms with Crippen molar-refractivity contribution in [1.29, 1.82) is 0 Å². The summed E-state index contributed by atoms with van der Waals surface area (Å²) in [7, 11) is 0. The molecule has 4 rings (SSSR count). The van der Waals surface area contributed by atoms with Crippen molar-refractivity contribution in [2.45, 2.75) is 32.4 Å². The minimum absolute atomic E-state index is 0.155. The summed E-state index contributed by atoms with van der Waals surface area (Å²) >= 11 is 0. The zero-order valence-corrected chi connectivity index (χ0v) is 15.8. The van der Waals surface area contributed by atoms with Gasteiger partial charge in [0.1, 0.15) is 5.82 Å². The van der Waals surface area contributed by atoms with Gasteiger partial charge in [-0.1, -0.05) is 36.4 Å². The summed E-state index contributed by atoms with van der Waals surface area (Å²) in [5.74, 6) is 1.04. The molecule has 1 aliphatic rings. The molecule has 28 heavy (non-hydrogen) atoms. The van der Waals surface area contributed by atoms with Gasteiger partial charge in [0, 0.05) is 48.8 Å². The quantitative estimate of drug-likeness (QED) is 0.509. The lowest BCUT2D eigenvalue weighted by molar-refractivity contribution is -0.385. The molecule has 3 aromatic rings. The molecule has 6 nitrogen and oxygen atoms in total. The fourth-order valence-electron chi connectivity index (χ4n) is 3.83. The summed E-state index contributed by atoms with van der Waals surface area (Å²) in [5.41, 5.74) is 2.99. The first kappa shape index (κ1) is 18.4. The maximum absolute atomic E-state index is 11.2. The van der Waals surface area contributed by atoms with E-state index in [2.05, 4.69) is 22.3 Å². The summed E-state index contributed by atoms with van der Waals surface area (Å²) in [6, 6.07) is 17.2. The number of benzene rings is 2. The largest absolute Gasteiger partial charge is 0.356 e. The van der Waals surface area contributed by atoms with Gasteiger partial charge in [0.25, 0.3) is 5.69 Å². The van der Waals surface area contributed by atoms with Crippen LogP contribution in [0.5, 0.6) is 0 Å². The van der Waals surface area contributed by atoms with Crippen molar-refractivity contribution in [3.63, 3.8) is 0 Å². The van der Waals surface area contributed by atoms with Gasteiger partial charge < -0.3 is 10.2 Å². The molecule has 1 aromatic heterocycles. The second-order valence-corrected chi connectivity index (χ2v) is 7.20. The van der Waals surface area contributed by atoms with Crippen molar-refractivity contribution in [1.82, 2.24) is 10.3 Å². The Morgan fingerprint density at radius 2 is 1.68 bits per heavy atom. The summed E-state index contributed by atoms with van der Waals surface area (Å²) in [5, 5.41) is 15.7. The minimum atomic E-state index is -0.326. The number of anilines is 1. The third-order valence-corrected chi connectivity index (χ3v) is 5.25. The Hall–Kier alpha value is -2.99. The lowest BCUT2D eigenvalue weighted by atomic mass is 10.1. The number of nitro groups is 1. The lowest BCUT2D eigenvalue weighted by Gasteiger charge is -2.30. The molecule has 0 aliphatic carbocycles. The molecule has 0 radical (unpaired) electrons. The second-order valence-electron chi connectivity index (χ2n) is 7.20. The summed E-state index contributed by atoms with van der Waals surface area (Å²) in [6.45, 7) is 3.13. The number of pyridine rings is 1. The number of rotatable bonds is 6. The van der Waals surface area contributed by atoms with Crippen molar-refractivity contribution < 1.29 is 4.92 Å². The first-order chi connectivity index (χ1) is 13.7. The van der Waals surface area contributed by atoms with Crippen LogP contribution in [0, 0.1) is 10.1 Å². The van der Waals surface area contributed by atoms with Crippen molar-refractivity contribution in [2.75, 3.05) is 18.0 Å². The van der Waals surface area contributed by atoms with Gasteiger partial charge in [0.2, 0.25) is 0 Å². The summed E-state index contributed by atoms with van der Waals surface area (Å²) in [6.07, 6.45) is 3.66. The minimum Gasteiger partial charge on any atom is -0.356 e. The molecule has 0 spiro atoms. The predicted octanol–water partition coefficient (Wildman–Crippen LogP) is 4.42. The monoisotopic (exact) mass is 376 g/mol. The van der Waals surface area contributed by atoms with Gasteiger partial charge in [-0.3, -0.25) is 10.1 Å². The van der Waals surface area contributed by atoms with Gasteiger partial charge in [-0.25, -0.2) is 4.98 Å². The number of nitro benzene ring substituents is 1. The van der Waals surface area contributed by atoms with Crippen LogP contribution in [0.2, 0.25) is 0 Å². The van der Waals surface area contributed by atoms with Gasteiger partial charge in [0.05, 0.1) is 10.4 Å². The molecule has 0 atom stereocenters. The third kappa shape index (κ3) is 3.97. The van der Waals surface area contributed by atoms with E-state index in [0.29, 0.717) is 18.7 Å². The Labute approximate surface area is 164 Å². The highest BCUT2D eigenvalue weighted by Gasteiger charge is 2.17. The Balaban J connectivity index is 1.58. The number of fused-ring (bicyclic) bond motifs is 1. The van der Waals surface area contributed by atoms with Crippen LogP contribution in [-0.2, 0) is 13.1 Å². The zero-order valence-electron chi connectivity index (χ0n) is 15.8. The zero-order chi connectivity index (χ0) is 19.3. The number of hydrogen-bond acceptors (Lipinski definition) is 5. The van der Waals surface area contributed by atoms with Crippen LogP contribution in [-0.4, -0.2) is 23.0 Å². The maximum atomic E-state index is 11.2. The molecule has 2 heterocycles. The molecule has 144 valence electrons. The van der Waals surface area contributed by atoms with Gasteiger partial charge >= 0.3 is 0 Å². The fourth-order valence-corrected chi connectivity index (χ4v) is 3.83. The smallest absolute Gasteiger partial charge is 0.273 e. The molecule has 0 bridgehead atoms. The molecule has 0 unspecified atom stereocenters. The Morgan fingerprint density at radius 1 is 0.964 bits per heavy atom. The number of nitrogens with one attached hydrogen (secondary N) is 1. The molecule has 0 amide bonds. The van der Waals surface area contributed by atoms with Crippen molar-refractivity contribution in [2.24, 2.45) is 0 Å². The van der Waals surface area contributed by atoms with E-state index in [1.54, 1.807) is 18.2 Å². The van der Waals surface area contributed by atoms with E-state index in [4.69, 9.17) is 4.98 Å². The third-order valence-electron chi connectivity index (χ3n) is 5.25. The maximum Gasteiger partial charge on any atom is 0.273 e. The van der Waals surface area contributed by atoms with E-state index >= 15 is 0 Å². The van der Waals surface area contributed by atoms with Crippen LogP contribution in [0.15, 0.2) is 54.6 Å². The van der Waals surface area contributed by atoms with Crippen LogP contribution in [0.1, 0.15) is 30.4 Å².